The number of benzene rings is 1. The van der Waals surface area contributed by atoms with E-state index < -0.39 is 0 Å². The lowest BCUT2D eigenvalue weighted by molar-refractivity contribution is 0.480. The zero-order valence-corrected chi connectivity index (χ0v) is 23.0. The summed E-state index contributed by atoms with van der Waals surface area (Å²) in [6.07, 6.45) is 1.96. The largest absolute Gasteiger partial charge is 0.339 e. The molecule has 8 nitrogen and oxygen atoms in total. The minimum atomic E-state index is 0.250. The SMILES string of the molecule is Cc1nn(C)c2nc(CN(C)/C(=N\C#N)N(Cc3ccccc3)c3cc(Cl)nc(Cl)c3)cc(C(C)C)c12. The third-order valence-corrected chi connectivity index (χ3v) is 6.44. The topological polar surface area (TPSA) is 86.2 Å². The molecule has 10 heteroatoms. The van der Waals surface area contributed by atoms with Crippen molar-refractivity contribution >= 4 is 45.9 Å². The molecule has 3 heterocycles. The van der Waals surface area contributed by atoms with Crippen LogP contribution in [0.15, 0.2) is 53.5 Å². The fourth-order valence-corrected chi connectivity index (χ4v) is 4.88. The number of pyridine rings is 2. The van der Waals surface area contributed by atoms with Crippen molar-refractivity contribution in [3.8, 4) is 6.19 Å². The summed E-state index contributed by atoms with van der Waals surface area (Å²) >= 11 is 12.5. The van der Waals surface area contributed by atoms with E-state index >= 15 is 0 Å². The van der Waals surface area contributed by atoms with Gasteiger partial charge in [-0.1, -0.05) is 67.4 Å². The molecule has 0 spiro atoms. The fraction of sp³-hybridized carbons (Fsp3) is 0.296. The standard InChI is InChI=1S/C27H28Cl2N8/c1-17(2)22-11-20(32-26-25(22)18(3)34-36(26)5)15-35(4)27(31-16-30)37(14-19-9-7-6-8-10-19)21-12-23(28)33-24(29)13-21/h6-13,17H,14-15H2,1-5H3/b31-27+. The molecule has 37 heavy (non-hydrogen) atoms. The molecule has 4 rings (SSSR count). The lowest BCUT2D eigenvalue weighted by Gasteiger charge is -2.32. The second-order valence-corrected chi connectivity index (χ2v) is 9.95. The van der Waals surface area contributed by atoms with Gasteiger partial charge in [0.15, 0.2) is 5.65 Å². The van der Waals surface area contributed by atoms with E-state index in [4.69, 9.17) is 28.2 Å². The van der Waals surface area contributed by atoms with Gasteiger partial charge in [0.2, 0.25) is 12.2 Å². The molecule has 1 aromatic carbocycles. The number of aliphatic imine (C=N–C) groups is 1. The molecule has 0 atom stereocenters. The Hall–Kier alpha value is -3.67. The zero-order chi connectivity index (χ0) is 26.7. The molecule has 0 amide bonds. The third kappa shape index (κ3) is 5.85. The van der Waals surface area contributed by atoms with Crippen molar-refractivity contribution in [3.05, 3.63) is 81.4 Å². The molecule has 0 unspecified atom stereocenters. The van der Waals surface area contributed by atoms with E-state index in [1.165, 1.54) is 5.56 Å². The van der Waals surface area contributed by atoms with Crippen molar-refractivity contribution in [2.45, 2.75) is 39.8 Å². The molecule has 4 aromatic rings. The van der Waals surface area contributed by atoms with E-state index in [-0.39, 0.29) is 10.3 Å². The highest BCUT2D eigenvalue weighted by molar-refractivity contribution is 6.33. The van der Waals surface area contributed by atoms with Crippen LogP contribution in [0.5, 0.6) is 0 Å². The van der Waals surface area contributed by atoms with Crippen molar-refractivity contribution in [3.63, 3.8) is 0 Å². The average molecular weight is 535 g/mol. The Morgan fingerprint density at radius 2 is 1.76 bits per heavy atom. The summed E-state index contributed by atoms with van der Waals surface area (Å²) in [5, 5.41) is 15.8. The van der Waals surface area contributed by atoms with Gasteiger partial charge in [0.05, 0.1) is 30.2 Å². The molecule has 0 radical (unpaired) electrons. The number of nitrogens with zero attached hydrogens (tertiary/aromatic N) is 8. The third-order valence-electron chi connectivity index (χ3n) is 6.05. The Labute approximate surface area is 226 Å². The summed E-state index contributed by atoms with van der Waals surface area (Å²) in [4.78, 5) is 17.0. The van der Waals surface area contributed by atoms with Gasteiger partial charge in [-0.3, -0.25) is 4.68 Å². The first-order valence-corrected chi connectivity index (χ1v) is 12.6. The first-order valence-electron chi connectivity index (χ1n) is 11.8. The molecule has 0 saturated heterocycles. The molecule has 0 bridgehead atoms. The minimum Gasteiger partial charge on any atom is -0.339 e. The molecule has 0 aliphatic rings. The first-order chi connectivity index (χ1) is 17.7. The van der Waals surface area contributed by atoms with Crippen LogP contribution in [0.25, 0.3) is 11.0 Å². The van der Waals surface area contributed by atoms with Crippen LogP contribution in [0.1, 0.15) is 42.3 Å². The molecule has 0 aliphatic heterocycles. The van der Waals surface area contributed by atoms with Gasteiger partial charge in [-0.15, -0.1) is 4.99 Å². The van der Waals surface area contributed by atoms with Crippen LogP contribution < -0.4 is 4.90 Å². The van der Waals surface area contributed by atoms with Gasteiger partial charge in [0.1, 0.15) is 10.3 Å². The second-order valence-electron chi connectivity index (χ2n) is 9.18. The fourth-order valence-electron chi connectivity index (χ4n) is 4.43. The predicted octanol–water partition coefficient (Wildman–Crippen LogP) is 6.08. The van der Waals surface area contributed by atoms with Crippen LogP contribution in [0, 0.1) is 18.4 Å². The Bertz CT molecular complexity index is 1470. The number of hydrogen-bond acceptors (Lipinski definition) is 5. The number of guanidine groups is 1. The molecule has 0 fully saturated rings. The monoisotopic (exact) mass is 534 g/mol. The lowest BCUT2D eigenvalue weighted by atomic mass is 9.99. The van der Waals surface area contributed by atoms with Gasteiger partial charge in [-0.25, -0.2) is 9.97 Å². The van der Waals surface area contributed by atoms with Crippen LogP contribution in [0.4, 0.5) is 5.69 Å². The predicted molar refractivity (Wildman–Crippen MR) is 149 cm³/mol. The molecule has 0 N–H and O–H groups in total. The number of fused-ring (bicyclic) bond motifs is 1. The zero-order valence-electron chi connectivity index (χ0n) is 21.4. The van der Waals surface area contributed by atoms with E-state index in [1.54, 1.807) is 12.1 Å². The van der Waals surface area contributed by atoms with Gasteiger partial charge in [0.25, 0.3) is 0 Å². The molecular weight excluding hydrogens is 507 g/mol. The van der Waals surface area contributed by atoms with Crippen molar-refractivity contribution < 1.29 is 0 Å². The number of aryl methyl sites for hydroxylation is 2. The highest BCUT2D eigenvalue weighted by Crippen LogP contribution is 2.29. The van der Waals surface area contributed by atoms with Crippen LogP contribution in [-0.2, 0) is 20.1 Å². The molecule has 3 aromatic heterocycles. The maximum atomic E-state index is 9.64. The molecular formula is C27H28Cl2N8. The van der Waals surface area contributed by atoms with Gasteiger partial charge in [0, 0.05) is 19.5 Å². The van der Waals surface area contributed by atoms with Crippen LogP contribution in [0.2, 0.25) is 10.3 Å². The number of hydrogen-bond donors (Lipinski definition) is 0. The van der Waals surface area contributed by atoms with E-state index in [2.05, 4.69) is 35.0 Å². The highest BCUT2D eigenvalue weighted by atomic mass is 35.5. The minimum absolute atomic E-state index is 0.250. The number of anilines is 1. The van der Waals surface area contributed by atoms with E-state index in [9.17, 15) is 5.26 Å². The van der Waals surface area contributed by atoms with Crippen molar-refractivity contribution in [1.82, 2.24) is 24.6 Å². The van der Waals surface area contributed by atoms with E-state index in [1.807, 2.05) is 72.0 Å². The van der Waals surface area contributed by atoms with Crippen LogP contribution in [-0.4, -0.2) is 37.7 Å². The van der Waals surface area contributed by atoms with Gasteiger partial charge in [-0.05, 0) is 42.2 Å². The molecule has 0 saturated carbocycles. The summed E-state index contributed by atoms with van der Waals surface area (Å²) in [6, 6.07) is 15.4. The number of rotatable bonds is 6. The van der Waals surface area contributed by atoms with Gasteiger partial charge >= 0.3 is 0 Å². The van der Waals surface area contributed by atoms with Gasteiger partial charge < -0.3 is 9.80 Å². The Morgan fingerprint density at radius 1 is 1.08 bits per heavy atom. The first kappa shape index (κ1) is 26.4. The number of halogens is 2. The summed E-state index contributed by atoms with van der Waals surface area (Å²) < 4.78 is 1.81. The quantitative estimate of drug-likeness (QED) is 0.129. The van der Waals surface area contributed by atoms with E-state index in [0.717, 1.165) is 28.0 Å². The Kier molecular flexibility index (Phi) is 7.96. The Balaban J connectivity index is 1.77. The van der Waals surface area contributed by atoms with Crippen molar-refractivity contribution in [2.24, 2.45) is 12.0 Å². The average Bonchev–Trinajstić information content (AvgIpc) is 3.13. The normalized spacial score (nSPS) is 11.7. The van der Waals surface area contributed by atoms with Crippen LogP contribution in [0.3, 0.4) is 0 Å². The maximum absolute atomic E-state index is 9.64. The maximum Gasteiger partial charge on any atom is 0.217 e. The highest BCUT2D eigenvalue weighted by Gasteiger charge is 2.22. The second kappa shape index (κ2) is 11.2. The van der Waals surface area contributed by atoms with Gasteiger partial charge in [-0.2, -0.15) is 10.4 Å². The smallest absolute Gasteiger partial charge is 0.217 e. The summed E-state index contributed by atoms with van der Waals surface area (Å²) in [7, 11) is 3.79. The lowest BCUT2D eigenvalue weighted by Crippen LogP contribution is -2.42. The summed E-state index contributed by atoms with van der Waals surface area (Å²) in [6.45, 7) is 7.18. The summed E-state index contributed by atoms with van der Waals surface area (Å²) in [5.41, 5.74) is 5.52. The summed E-state index contributed by atoms with van der Waals surface area (Å²) in [5.74, 6) is 0.722. The molecule has 0 aliphatic carbocycles. The van der Waals surface area contributed by atoms with E-state index in [0.29, 0.717) is 30.7 Å². The number of aromatic nitrogens is 4. The number of nitriles is 1. The molecule has 190 valence electrons. The van der Waals surface area contributed by atoms with Crippen molar-refractivity contribution in [1.29, 1.82) is 5.26 Å². The van der Waals surface area contributed by atoms with Crippen LogP contribution >= 0.6 is 23.2 Å². The van der Waals surface area contributed by atoms with Crippen molar-refractivity contribution in [2.75, 3.05) is 11.9 Å². The Morgan fingerprint density at radius 3 is 2.38 bits per heavy atom.